The molecule has 0 aliphatic carbocycles. The second kappa shape index (κ2) is 5.50. The van der Waals surface area contributed by atoms with Crippen molar-refractivity contribution in [3.05, 3.63) is 0 Å². The molecule has 0 amide bonds. The molecule has 0 bridgehead atoms. The molecule has 2 atom stereocenters. The van der Waals surface area contributed by atoms with E-state index in [0.717, 1.165) is 0 Å². The van der Waals surface area contributed by atoms with Gasteiger partial charge in [0, 0.05) is 0 Å². The first-order chi connectivity index (χ1) is 8.53. The van der Waals surface area contributed by atoms with Crippen molar-refractivity contribution in [1.29, 1.82) is 0 Å². The van der Waals surface area contributed by atoms with Crippen LogP contribution in [0.2, 0.25) is 0 Å². The maximum Gasteiger partial charge on any atom is 0.527 e. The molecule has 0 N–H and O–H groups in total. The summed E-state index contributed by atoms with van der Waals surface area (Å²) in [5, 5.41) is 0. The van der Waals surface area contributed by atoms with Crippen molar-refractivity contribution in [2.24, 2.45) is 0 Å². The minimum absolute atomic E-state index is 0.212. The number of ether oxygens (including phenoxy) is 2. The van der Waals surface area contributed by atoms with Crippen LogP contribution in [0.3, 0.4) is 0 Å². The molecule has 0 saturated carbocycles. The lowest BCUT2D eigenvalue weighted by atomic mass is 10.3. The third kappa shape index (κ3) is 4.33. The Hall–Kier alpha value is -0.850. The zero-order chi connectivity index (χ0) is 16.6. The van der Waals surface area contributed by atoms with Crippen LogP contribution in [0.4, 0.5) is 48.3 Å². The maximum absolute atomic E-state index is 12.6. The van der Waals surface area contributed by atoms with Gasteiger partial charge in [0.2, 0.25) is 6.36 Å². The molecular weight excluding hydrogens is 325 g/mol. The molecule has 2 unspecified atom stereocenters. The van der Waals surface area contributed by atoms with Crippen molar-refractivity contribution in [1.82, 2.24) is 0 Å². The van der Waals surface area contributed by atoms with Crippen LogP contribution in [0.5, 0.6) is 0 Å². The van der Waals surface area contributed by atoms with Crippen molar-refractivity contribution in [2.75, 3.05) is 0 Å². The summed E-state index contributed by atoms with van der Waals surface area (Å²) in [7, 11) is 0. The Bertz CT molecular complexity index is 323. The van der Waals surface area contributed by atoms with Gasteiger partial charge in [0.1, 0.15) is 0 Å². The molecule has 0 aliphatic heterocycles. The van der Waals surface area contributed by atoms with Crippen LogP contribution in [-0.4, -0.2) is 37.0 Å². The van der Waals surface area contributed by atoms with Crippen LogP contribution in [0.25, 0.3) is 0 Å². The van der Waals surface area contributed by atoms with Crippen LogP contribution in [0, 0.1) is 0 Å². The largest absolute Gasteiger partial charge is 0.527 e. The molecule has 0 aromatic carbocycles. The zero-order valence-electron chi connectivity index (χ0n) is 9.13. The van der Waals surface area contributed by atoms with E-state index < -0.39 is 37.0 Å². The fourth-order valence-corrected chi connectivity index (χ4v) is 0.688. The molecule has 0 aliphatic rings. The monoisotopic (exact) mass is 330 g/mol. The Balaban J connectivity index is 5.27. The molecule has 0 aromatic heterocycles. The lowest BCUT2D eigenvalue weighted by molar-refractivity contribution is -0.512. The smallest absolute Gasteiger partial charge is 0.277 e. The van der Waals surface area contributed by atoms with Crippen molar-refractivity contribution >= 4 is 0 Å². The van der Waals surface area contributed by atoms with E-state index in [0.29, 0.717) is 0 Å². The van der Waals surface area contributed by atoms with E-state index in [1.165, 1.54) is 0 Å². The Labute approximate surface area is 103 Å². The molecular formula is C7H5F11O2. The average molecular weight is 330 g/mol. The summed E-state index contributed by atoms with van der Waals surface area (Å²) in [6.45, 7) is 0.212. The summed E-state index contributed by atoms with van der Waals surface area (Å²) in [4.78, 5) is 0. The zero-order valence-corrected chi connectivity index (χ0v) is 9.13. The molecule has 0 fully saturated rings. The van der Waals surface area contributed by atoms with Gasteiger partial charge >= 0.3 is 24.5 Å². The van der Waals surface area contributed by atoms with Crippen molar-refractivity contribution in [3.63, 3.8) is 0 Å². The number of rotatable bonds is 6. The number of hydrogen-bond acceptors (Lipinski definition) is 2. The van der Waals surface area contributed by atoms with Crippen LogP contribution >= 0.6 is 0 Å². The van der Waals surface area contributed by atoms with Crippen molar-refractivity contribution in [2.45, 2.75) is 44.0 Å². The molecule has 0 rings (SSSR count). The summed E-state index contributed by atoms with van der Waals surface area (Å²) in [5.74, 6) is -6.92. The highest BCUT2D eigenvalue weighted by Crippen LogP contribution is 2.49. The maximum atomic E-state index is 12.6. The molecule has 0 spiro atoms. The van der Waals surface area contributed by atoms with Crippen LogP contribution in [-0.2, 0) is 9.47 Å². The summed E-state index contributed by atoms with van der Waals surface area (Å²) in [6, 6.07) is 0. The fraction of sp³-hybridized carbons (Fsp3) is 1.00. The second-order valence-corrected chi connectivity index (χ2v) is 3.30. The quantitative estimate of drug-likeness (QED) is 0.685. The summed E-state index contributed by atoms with van der Waals surface area (Å²) in [6.07, 6.45) is -26.4. The molecule has 0 saturated heterocycles. The fourth-order valence-electron chi connectivity index (χ4n) is 0.688. The van der Waals surface area contributed by atoms with E-state index in [1.54, 1.807) is 4.74 Å². The Kier molecular flexibility index (Phi) is 5.27. The first kappa shape index (κ1) is 19.1. The summed E-state index contributed by atoms with van der Waals surface area (Å²) < 4.78 is 138. The molecule has 20 heavy (non-hydrogen) atoms. The van der Waals surface area contributed by atoms with Crippen LogP contribution in [0.15, 0.2) is 0 Å². The molecule has 2 nitrogen and oxygen atoms in total. The minimum atomic E-state index is -6.92. The Morgan fingerprint density at radius 1 is 0.750 bits per heavy atom. The number of halogens is 11. The van der Waals surface area contributed by atoms with Gasteiger partial charge in [0.05, 0.1) is 0 Å². The summed E-state index contributed by atoms with van der Waals surface area (Å²) >= 11 is 0. The van der Waals surface area contributed by atoms with Gasteiger partial charge in [-0.15, -0.1) is 13.2 Å². The van der Waals surface area contributed by atoms with Crippen molar-refractivity contribution < 1.29 is 57.8 Å². The Morgan fingerprint density at radius 2 is 1.15 bits per heavy atom. The van der Waals surface area contributed by atoms with Gasteiger partial charge in [-0.2, -0.15) is 26.3 Å². The predicted octanol–water partition coefficient (Wildman–Crippen LogP) is 4.01. The van der Waals surface area contributed by atoms with Crippen LogP contribution in [0.1, 0.15) is 6.92 Å². The molecule has 0 radical (unpaired) electrons. The molecule has 122 valence electrons. The average Bonchev–Trinajstić information content (AvgIpc) is 2.11. The predicted molar refractivity (Wildman–Crippen MR) is 38.5 cm³/mol. The number of alkyl halides is 11. The van der Waals surface area contributed by atoms with Gasteiger partial charge in [0.25, 0.3) is 0 Å². The normalized spacial score (nSPS) is 18.0. The molecule has 0 aromatic rings. The van der Waals surface area contributed by atoms with E-state index in [1.807, 2.05) is 0 Å². The second-order valence-electron chi connectivity index (χ2n) is 3.30. The minimum Gasteiger partial charge on any atom is -0.277 e. The van der Waals surface area contributed by atoms with Crippen LogP contribution < -0.4 is 0 Å². The highest BCUT2D eigenvalue weighted by atomic mass is 19.4. The highest BCUT2D eigenvalue weighted by Gasteiger charge is 2.77. The summed E-state index contributed by atoms with van der Waals surface area (Å²) in [5.41, 5.74) is 0. The SMILES string of the molecule is CC(F)C(F)OC(F)(F)C(F)(F)C(F)(F)OC(F)(F)F. The highest BCUT2D eigenvalue weighted by molar-refractivity contribution is 4.86. The lowest BCUT2D eigenvalue weighted by Gasteiger charge is -2.32. The first-order valence-electron chi connectivity index (χ1n) is 4.40. The van der Waals surface area contributed by atoms with Gasteiger partial charge in [0.15, 0.2) is 6.17 Å². The van der Waals surface area contributed by atoms with Gasteiger partial charge < -0.3 is 0 Å². The van der Waals surface area contributed by atoms with E-state index >= 15 is 0 Å². The van der Waals surface area contributed by atoms with E-state index in [4.69, 9.17) is 0 Å². The molecule has 13 heteroatoms. The van der Waals surface area contributed by atoms with E-state index in [-0.39, 0.29) is 6.92 Å². The Morgan fingerprint density at radius 3 is 1.45 bits per heavy atom. The molecule has 0 heterocycles. The van der Waals surface area contributed by atoms with Gasteiger partial charge in [-0.25, -0.2) is 13.5 Å². The third-order valence-corrected chi connectivity index (χ3v) is 1.60. The van der Waals surface area contributed by atoms with Gasteiger partial charge in [-0.1, -0.05) is 0 Å². The van der Waals surface area contributed by atoms with Gasteiger partial charge in [-0.05, 0) is 6.92 Å². The van der Waals surface area contributed by atoms with Crippen molar-refractivity contribution in [3.8, 4) is 0 Å². The topological polar surface area (TPSA) is 18.5 Å². The lowest BCUT2D eigenvalue weighted by Crippen LogP contribution is -2.59. The standard InChI is InChI=1S/C7H5F11O2/c1-2(8)3(9)19-5(12,13)4(10,11)6(14,15)20-7(16,17)18/h2-3H,1H3. The van der Waals surface area contributed by atoms with Gasteiger partial charge in [-0.3, -0.25) is 4.74 Å². The van der Waals surface area contributed by atoms with E-state index in [2.05, 4.69) is 4.74 Å². The van der Waals surface area contributed by atoms with E-state index in [9.17, 15) is 48.3 Å². The first-order valence-corrected chi connectivity index (χ1v) is 4.40. The third-order valence-electron chi connectivity index (χ3n) is 1.60. The number of hydrogen-bond donors (Lipinski definition) is 0.